The SMILES string of the molecule is CN(CC(c1cccs1)N1CCOCC1)C(=O)C1CCCN1.Cl.Cl. The molecule has 2 aliphatic heterocycles. The summed E-state index contributed by atoms with van der Waals surface area (Å²) in [6.45, 7) is 5.14. The lowest BCUT2D eigenvalue weighted by molar-refractivity contribution is -0.132. The number of amides is 1. The quantitative estimate of drug-likeness (QED) is 0.829. The van der Waals surface area contributed by atoms with Gasteiger partial charge in [-0.3, -0.25) is 9.69 Å². The van der Waals surface area contributed by atoms with Crippen LogP contribution in [0, 0.1) is 0 Å². The molecule has 1 amide bonds. The molecule has 2 fully saturated rings. The molecule has 0 radical (unpaired) electrons. The summed E-state index contributed by atoms with van der Waals surface area (Å²) in [6, 6.07) is 4.56. The predicted octanol–water partition coefficient (Wildman–Crippen LogP) is 2.18. The van der Waals surface area contributed by atoms with Crippen molar-refractivity contribution in [3.8, 4) is 0 Å². The van der Waals surface area contributed by atoms with Gasteiger partial charge >= 0.3 is 0 Å². The highest BCUT2D eigenvalue weighted by Gasteiger charge is 2.29. The van der Waals surface area contributed by atoms with E-state index < -0.39 is 0 Å². The molecule has 24 heavy (non-hydrogen) atoms. The highest BCUT2D eigenvalue weighted by atomic mass is 35.5. The summed E-state index contributed by atoms with van der Waals surface area (Å²) in [4.78, 5) is 18.2. The average Bonchev–Trinajstić information content (AvgIpc) is 3.25. The Balaban J connectivity index is 0.00000144. The second-order valence-electron chi connectivity index (χ2n) is 6.05. The molecule has 0 aliphatic carbocycles. The maximum absolute atomic E-state index is 12.6. The maximum Gasteiger partial charge on any atom is 0.239 e. The highest BCUT2D eigenvalue weighted by Crippen LogP contribution is 2.27. The zero-order chi connectivity index (χ0) is 15.4. The van der Waals surface area contributed by atoms with Gasteiger partial charge in [-0.1, -0.05) is 6.07 Å². The van der Waals surface area contributed by atoms with Crippen LogP contribution in [0.25, 0.3) is 0 Å². The molecule has 138 valence electrons. The number of rotatable bonds is 5. The first-order chi connectivity index (χ1) is 10.8. The Bertz CT molecular complexity index is 478. The molecule has 3 heterocycles. The molecule has 0 saturated carbocycles. The van der Waals surface area contributed by atoms with E-state index in [1.165, 1.54) is 4.88 Å². The zero-order valence-electron chi connectivity index (χ0n) is 14.0. The van der Waals surface area contributed by atoms with E-state index in [1.54, 1.807) is 11.3 Å². The fraction of sp³-hybridized carbons (Fsp3) is 0.688. The summed E-state index contributed by atoms with van der Waals surface area (Å²) >= 11 is 1.77. The lowest BCUT2D eigenvalue weighted by atomic mass is 10.1. The van der Waals surface area contributed by atoms with Crippen molar-refractivity contribution in [3.05, 3.63) is 22.4 Å². The molecule has 8 heteroatoms. The number of ether oxygens (including phenoxy) is 1. The third-order valence-corrected chi connectivity index (χ3v) is 5.51. The largest absolute Gasteiger partial charge is 0.379 e. The summed E-state index contributed by atoms with van der Waals surface area (Å²) in [5.74, 6) is 0.229. The Kier molecular flexibility index (Phi) is 9.56. The Hall–Kier alpha value is -0.370. The van der Waals surface area contributed by atoms with Gasteiger partial charge in [0.25, 0.3) is 0 Å². The van der Waals surface area contributed by atoms with E-state index in [-0.39, 0.29) is 42.8 Å². The lowest BCUT2D eigenvalue weighted by Crippen LogP contribution is -2.47. The van der Waals surface area contributed by atoms with Crippen LogP contribution in [-0.4, -0.2) is 68.2 Å². The molecule has 2 aliphatic rings. The fourth-order valence-electron chi connectivity index (χ4n) is 3.27. The standard InChI is InChI=1S/C16H25N3O2S.2ClH/c1-18(16(20)13-4-2-6-17-13)12-14(15-5-3-11-22-15)19-7-9-21-10-8-19;;/h3,5,11,13-14,17H,2,4,6-10,12H2,1H3;2*1H. The maximum atomic E-state index is 12.6. The number of hydrogen-bond acceptors (Lipinski definition) is 5. The minimum absolute atomic E-state index is 0. The number of likely N-dealkylation sites (N-methyl/N-ethyl adjacent to an activating group) is 1. The van der Waals surface area contributed by atoms with Crippen molar-refractivity contribution in [2.75, 3.05) is 46.4 Å². The molecule has 0 aromatic carbocycles. The smallest absolute Gasteiger partial charge is 0.239 e. The van der Waals surface area contributed by atoms with Gasteiger partial charge < -0.3 is 15.0 Å². The van der Waals surface area contributed by atoms with Crippen LogP contribution in [0.2, 0.25) is 0 Å². The first-order valence-electron chi connectivity index (χ1n) is 8.09. The Morgan fingerprint density at radius 1 is 1.46 bits per heavy atom. The summed E-state index contributed by atoms with van der Waals surface area (Å²) in [6.07, 6.45) is 2.06. The van der Waals surface area contributed by atoms with Gasteiger partial charge in [0, 0.05) is 31.6 Å². The number of hydrogen-bond donors (Lipinski definition) is 1. The second-order valence-corrected chi connectivity index (χ2v) is 7.03. The van der Waals surface area contributed by atoms with Gasteiger partial charge in [0.15, 0.2) is 0 Å². The van der Waals surface area contributed by atoms with Crippen LogP contribution in [0.5, 0.6) is 0 Å². The van der Waals surface area contributed by atoms with Crippen LogP contribution in [0.1, 0.15) is 23.8 Å². The summed E-state index contributed by atoms with van der Waals surface area (Å²) in [5, 5.41) is 5.42. The van der Waals surface area contributed by atoms with E-state index in [4.69, 9.17) is 4.74 Å². The monoisotopic (exact) mass is 395 g/mol. The molecule has 1 N–H and O–H groups in total. The first-order valence-corrected chi connectivity index (χ1v) is 8.97. The summed E-state index contributed by atoms with van der Waals surface area (Å²) < 4.78 is 5.47. The molecule has 0 bridgehead atoms. The Morgan fingerprint density at radius 2 is 2.21 bits per heavy atom. The molecule has 2 saturated heterocycles. The topological polar surface area (TPSA) is 44.8 Å². The first kappa shape index (κ1) is 21.7. The second kappa shape index (κ2) is 10.6. The van der Waals surface area contributed by atoms with E-state index in [1.807, 2.05) is 11.9 Å². The number of nitrogens with zero attached hydrogens (tertiary/aromatic N) is 2. The van der Waals surface area contributed by atoms with Crippen LogP contribution in [-0.2, 0) is 9.53 Å². The van der Waals surface area contributed by atoms with Crippen molar-refractivity contribution in [1.82, 2.24) is 15.1 Å². The Morgan fingerprint density at radius 3 is 2.79 bits per heavy atom. The van der Waals surface area contributed by atoms with Crippen molar-refractivity contribution in [1.29, 1.82) is 0 Å². The predicted molar refractivity (Wildman–Crippen MR) is 103 cm³/mol. The molecule has 2 unspecified atom stereocenters. The molecule has 1 aromatic rings. The number of thiophene rings is 1. The number of morpholine rings is 1. The van der Waals surface area contributed by atoms with Crippen LogP contribution >= 0.6 is 36.2 Å². The van der Waals surface area contributed by atoms with Crippen molar-refractivity contribution >= 4 is 42.1 Å². The number of halogens is 2. The number of nitrogens with one attached hydrogen (secondary N) is 1. The van der Waals surface area contributed by atoms with Crippen molar-refractivity contribution in [2.45, 2.75) is 24.9 Å². The molecule has 5 nitrogen and oxygen atoms in total. The van der Waals surface area contributed by atoms with Gasteiger partial charge in [-0.05, 0) is 30.8 Å². The third-order valence-electron chi connectivity index (χ3n) is 4.54. The molecule has 3 rings (SSSR count). The van der Waals surface area contributed by atoms with E-state index in [9.17, 15) is 4.79 Å². The molecule has 2 atom stereocenters. The van der Waals surface area contributed by atoms with E-state index >= 15 is 0 Å². The normalized spacial score (nSPS) is 22.3. The molecular formula is C16H27Cl2N3O2S. The average molecular weight is 396 g/mol. The van der Waals surface area contributed by atoms with Gasteiger partial charge in [-0.2, -0.15) is 0 Å². The zero-order valence-corrected chi connectivity index (χ0v) is 16.4. The highest BCUT2D eigenvalue weighted by molar-refractivity contribution is 7.10. The van der Waals surface area contributed by atoms with Crippen molar-refractivity contribution in [3.63, 3.8) is 0 Å². The molecule has 1 aromatic heterocycles. The molecular weight excluding hydrogens is 369 g/mol. The van der Waals surface area contributed by atoms with Gasteiger partial charge in [-0.25, -0.2) is 0 Å². The minimum atomic E-state index is 0. The van der Waals surface area contributed by atoms with Crippen LogP contribution < -0.4 is 5.32 Å². The summed E-state index contributed by atoms with van der Waals surface area (Å²) in [7, 11) is 1.93. The van der Waals surface area contributed by atoms with Gasteiger partial charge in [-0.15, -0.1) is 36.2 Å². The van der Waals surface area contributed by atoms with E-state index in [2.05, 4.69) is 27.7 Å². The van der Waals surface area contributed by atoms with Gasteiger partial charge in [0.1, 0.15) is 0 Å². The molecule has 0 spiro atoms. The van der Waals surface area contributed by atoms with Crippen molar-refractivity contribution < 1.29 is 9.53 Å². The fourth-order valence-corrected chi connectivity index (χ4v) is 4.12. The van der Waals surface area contributed by atoms with Crippen LogP contribution in [0.15, 0.2) is 17.5 Å². The van der Waals surface area contributed by atoms with Gasteiger partial charge in [0.05, 0.1) is 25.3 Å². The van der Waals surface area contributed by atoms with Crippen LogP contribution in [0.3, 0.4) is 0 Å². The summed E-state index contributed by atoms with van der Waals surface area (Å²) in [5.41, 5.74) is 0. The van der Waals surface area contributed by atoms with Gasteiger partial charge in [0.2, 0.25) is 5.91 Å². The number of carbonyl (C=O) groups is 1. The van der Waals surface area contributed by atoms with E-state index in [0.717, 1.165) is 52.2 Å². The Labute approximate surface area is 160 Å². The van der Waals surface area contributed by atoms with E-state index in [0.29, 0.717) is 0 Å². The number of carbonyl (C=O) groups excluding carboxylic acids is 1. The lowest BCUT2D eigenvalue weighted by Gasteiger charge is -2.36. The van der Waals surface area contributed by atoms with Crippen molar-refractivity contribution in [2.24, 2.45) is 0 Å². The van der Waals surface area contributed by atoms with Crippen LogP contribution in [0.4, 0.5) is 0 Å². The third kappa shape index (κ3) is 5.31. The minimum Gasteiger partial charge on any atom is -0.379 e.